The third-order valence-electron chi connectivity index (χ3n) is 4.94. The molecule has 1 aromatic carbocycles. The van der Waals surface area contributed by atoms with Gasteiger partial charge in [0.05, 0.1) is 6.61 Å². The quantitative estimate of drug-likeness (QED) is 0.547. The van der Waals surface area contributed by atoms with Crippen molar-refractivity contribution < 1.29 is 4.74 Å². The van der Waals surface area contributed by atoms with E-state index in [0.29, 0.717) is 0 Å². The predicted octanol–water partition coefficient (Wildman–Crippen LogP) is 5.46. The zero-order valence-electron chi connectivity index (χ0n) is 14.9. The van der Waals surface area contributed by atoms with Gasteiger partial charge in [-0.1, -0.05) is 69.4 Å². The van der Waals surface area contributed by atoms with Crippen LogP contribution in [-0.2, 0) is 11.3 Å². The van der Waals surface area contributed by atoms with Crippen molar-refractivity contribution in [2.75, 3.05) is 6.61 Å². The zero-order valence-corrected chi connectivity index (χ0v) is 14.9. The number of rotatable bonds is 11. The average molecular weight is 318 g/mol. The molecule has 2 rings (SSSR count). The Labute approximate surface area is 143 Å². The molecule has 1 N–H and O–H groups in total. The highest BCUT2D eigenvalue weighted by Crippen LogP contribution is 2.20. The lowest BCUT2D eigenvalue weighted by molar-refractivity contribution is 0.113. The van der Waals surface area contributed by atoms with Crippen LogP contribution in [0.4, 0.5) is 0 Å². The fourth-order valence-corrected chi connectivity index (χ4v) is 3.58. The summed E-state index contributed by atoms with van der Waals surface area (Å²) >= 11 is 0. The average Bonchev–Trinajstić information content (AvgIpc) is 2.60. The van der Waals surface area contributed by atoms with E-state index in [1.807, 2.05) is 0 Å². The first-order valence-electron chi connectivity index (χ1n) is 9.76. The molecular weight excluding hydrogens is 282 g/mol. The standard InChI is InChI=1S/C21H35NO/c1-2-3-4-8-13-20-14-9-15-21(22-20)16-10-17-23-18-19-11-6-5-7-12-19/h5-7,11-12,20-22H,2-4,8-10,13-18H2,1H3/t20-,21-/m1/s1. The van der Waals surface area contributed by atoms with Gasteiger partial charge in [-0.25, -0.2) is 0 Å². The summed E-state index contributed by atoms with van der Waals surface area (Å²) in [6, 6.07) is 12.0. The summed E-state index contributed by atoms with van der Waals surface area (Å²) in [6.07, 6.45) is 13.5. The Morgan fingerprint density at radius 2 is 1.70 bits per heavy atom. The lowest BCUT2D eigenvalue weighted by Gasteiger charge is -2.31. The van der Waals surface area contributed by atoms with Crippen LogP contribution in [0.3, 0.4) is 0 Å². The van der Waals surface area contributed by atoms with Gasteiger partial charge in [0.15, 0.2) is 0 Å². The minimum Gasteiger partial charge on any atom is -0.377 e. The minimum absolute atomic E-state index is 0.722. The molecule has 1 aliphatic heterocycles. The van der Waals surface area contributed by atoms with Gasteiger partial charge in [-0.2, -0.15) is 0 Å². The van der Waals surface area contributed by atoms with Crippen LogP contribution in [0, 0.1) is 0 Å². The van der Waals surface area contributed by atoms with Gasteiger partial charge in [-0.15, -0.1) is 0 Å². The lowest BCUT2D eigenvalue weighted by atomic mass is 9.92. The summed E-state index contributed by atoms with van der Waals surface area (Å²) in [4.78, 5) is 0. The molecule has 1 heterocycles. The second-order valence-electron chi connectivity index (χ2n) is 7.02. The van der Waals surface area contributed by atoms with Crippen LogP contribution >= 0.6 is 0 Å². The third kappa shape index (κ3) is 7.99. The van der Waals surface area contributed by atoms with Gasteiger partial charge >= 0.3 is 0 Å². The van der Waals surface area contributed by atoms with Gasteiger partial charge in [0, 0.05) is 18.7 Å². The summed E-state index contributed by atoms with van der Waals surface area (Å²) in [5.74, 6) is 0. The number of piperidine rings is 1. The SMILES string of the molecule is CCCCCC[C@@H]1CCC[C@H](CCCOCc2ccccc2)N1. The Kier molecular flexibility index (Phi) is 9.35. The molecule has 0 bridgehead atoms. The molecule has 1 fully saturated rings. The molecule has 1 saturated heterocycles. The molecule has 1 aromatic rings. The summed E-state index contributed by atoms with van der Waals surface area (Å²) < 4.78 is 5.80. The van der Waals surface area contributed by atoms with Crippen molar-refractivity contribution in [1.29, 1.82) is 0 Å². The van der Waals surface area contributed by atoms with Crippen molar-refractivity contribution in [2.45, 2.75) is 89.8 Å². The molecule has 2 atom stereocenters. The van der Waals surface area contributed by atoms with E-state index < -0.39 is 0 Å². The molecule has 0 spiro atoms. The molecular formula is C21H35NO. The molecule has 0 aliphatic carbocycles. The van der Waals surface area contributed by atoms with Gasteiger partial charge in [0.2, 0.25) is 0 Å². The number of unbranched alkanes of at least 4 members (excludes halogenated alkanes) is 3. The molecule has 0 aromatic heterocycles. The lowest BCUT2D eigenvalue weighted by Crippen LogP contribution is -2.42. The molecule has 23 heavy (non-hydrogen) atoms. The van der Waals surface area contributed by atoms with E-state index in [-0.39, 0.29) is 0 Å². The van der Waals surface area contributed by atoms with Crippen LogP contribution in [0.15, 0.2) is 30.3 Å². The Balaban J connectivity index is 1.51. The Hall–Kier alpha value is -0.860. The van der Waals surface area contributed by atoms with Crippen molar-refractivity contribution in [3.63, 3.8) is 0 Å². The predicted molar refractivity (Wildman–Crippen MR) is 98.7 cm³/mol. The largest absolute Gasteiger partial charge is 0.377 e. The van der Waals surface area contributed by atoms with E-state index in [1.54, 1.807) is 0 Å². The maximum atomic E-state index is 5.80. The van der Waals surface area contributed by atoms with Crippen LogP contribution in [0.5, 0.6) is 0 Å². The van der Waals surface area contributed by atoms with Crippen LogP contribution in [0.1, 0.15) is 76.7 Å². The number of ether oxygens (including phenoxy) is 1. The van der Waals surface area contributed by atoms with E-state index in [2.05, 4.69) is 42.6 Å². The first-order valence-corrected chi connectivity index (χ1v) is 9.76. The Morgan fingerprint density at radius 1 is 0.957 bits per heavy atom. The fourth-order valence-electron chi connectivity index (χ4n) is 3.58. The van der Waals surface area contributed by atoms with Crippen molar-refractivity contribution in [3.8, 4) is 0 Å². The second-order valence-corrected chi connectivity index (χ2v) is 7.02. The summed E-state index contributed by atoms with van der Waals surface area (Å²) in [7, 11) is 0. The van der Waals surface area contributed by atoms with Crippen molar-refractivity contribution >= 4 is 0 Å². The Bertz CT molecular complexity index is 392. The van der Waals surface area contributed by atoms with E-state index in [4.69, 9.17) is 4.74 Å². The number of benzene rings is 1. The Morgan fingerprint density at radius 3 is 2.43 bits per heavy atom. The molecule has 0 amide bonds. The summed E-state index contributed by atoms with van der Waals surface area (Å²) in [5.41, 5.74) is 1.27. The second kappa shape index (κ2) is 11.6. The van der Waals surface area contributed by atoms with Gasteiger partial charge in [-0.3, -0.25) is 0 Å². The third-order valence-corrected chi connectivity index (χ3v) is 4.94. The fraction of sp³-hybridized carbons (Fsp3) is 0.714. The molecule has 0 radical (unpaired) electrons. The molecule has 1 aliphatic rings. The molecule has 2 heteroatoms. The van der Waals surface area contributed by atoms with Gasteiger partial charge in [0.25, 0.3) is 0 Å². The highest BCUT2D eigenvalue weighted by atomic mass is 16.5. The number of hydrogen-bond donors (Lipinski definition) is 1. The van der Waals surface area contributed by atoms with Crippen LogP contribution < -0.4 is 5.32 Å². The summed E-state index contributed by atoms with van der Waals surface area (Å²) in [5, 5.41) is 3.88. The van der Waals surface area contributed by atoms with Crippen molar-refractivity contribution in [3.05, 3.63) is 35.9 Å². The monoisotopic (exact) mass is 317 g/mol. The highest BCUT2D eigenvalue weighted by molar-refractivity contribution is 5.13. The van der Waals surface area contributed by atoms with Crippen LogP contribution in [0.2, 0.25) is 0 Å². The maximum absolute atomic E-state index is 5.80. The van der Waals surface area contributed by atoms with Gasteiger partial charge < -0.3 is 10.1 Å². The van der Waals surface area contributed by atoms with Crippen molar-refractivity contribution in [2.24, 2.45) is 0 Å². The van der Waals surface area contributed by atoms with E-state index in [9.17, 15) is 0 Å². The minimum atomic E-state index is 0.722. The first-order chi connectivity index (χ1) is 11.4. The molecule has 2 nitrogen and oxygen atoms in total. The highest BCUT2D eigenvalue weighted by Gasteiger charge is 2.19. The van der Waals surface area contributed by atoms with Crippen LogP contribution in [0.25, 0.3) is 0 Å². The van der Waals surface area contributed by atoms with E-state index in [1.165, 1.54) is 69.8 Å². The van der Waals surface area contributed by atoms with E-state index in [0.717, 1.165) is 25.3 Å². The molecule has 0 unspecified atom stereocenters. The molecule has 0 saturated carbocycles. The van der Waals surface area contributed by atoms with Crippen molar-refractivity contribution in [1.82, 2.24) is 5.32 Å². The summed E-state index contributed by atoms with van der Waals surface area (Å²) in [6.45, 7) is 3.92. The zero-order chi connectivity index (χ0) is 16.2. The topological polar surface area (TPSA) is 21.3 Å². The van der Waals surface area contributed by atoms with Gasteiger partial charge in [-0.05, 0) is 37.7 Å². The van der Waals surface area contributed by atoms with Crippen LogP contribution in [-0.4, -0.2) is 18.7 Å². The van der Waals surface area contributed by atoms with Gasteiger partial charge in [0.1, 0.15) is 0 Å². The van der Waals surface area contributed by atoms with E-state index >= 15 is 0 Å². The maximum Gasteiger partial charge on any atom is 0.0716 e. The number of nitrogens with one attached hydrogen (secondary N) is 1. The smallest absolute Gasteiger partial charge is 0.0716 e. The first kappa shape index (κ1) is 18.5. The normalized spacial score (nSPS) is 21.4. The number of hydrogen-bond acceptors (Lipinski definition) is 2. The molecule has 130 valence electrons.